The largest absolute Gasteiger partial charge is 0.495 e. The number of anilines is 1. The Bertz CT molecular complexity index is 768. The average Bonchev–Trinajstić information content (AvgIpc) is 2.74. The van der Waals surface area contributed by atoms with Crippen molar-refractivity contribution >= 4 is 11.6 Å². The highest BCUT2D eigenvalue weighted by atomic mass is 16.5. The van der Waals surface area contributed by atoms with Gasteiger partial charge in [0.2, 0.25) is 0 Å². The lowest BCUT2D eigenvalue weighted by Crippen LogP contribution is -2.46. The molecule has 1 atom stereocenters. The van der Waals surface area contributed by atoms with E-state index < -0.39 is 0 Å². The van der Waals surface area contributed by atoms with E-state index in [0.29, 0.717) is 0 Å². The zero-order valence-corrected chi connectivity index (χ0v) is 17.1. The fraction of sp³-hybridized carbons (Fsp3) is 0.435. The third-order valence-corrected chi connectivity index (χ3v) is 5.41. The molecule has 0 aromatic heterocycles. The number of ether oxygens (including phenoxy) is 1. The summed E-state index contributed by atoms with van der Waals surface area (Å²) in [7, 11) is 1.72. The van der Waals surface area contributed by atoms with Gasteiger partial charge in [0.1, 0.15) is 5.75 Å². The lowest BCUT2D eigenvalue weighted by Gasteiger charge is -2.36. The first-order chi connectivity index (χ1) is 13.6. The van der Waals surface area contributed by atoms with Crippen molar-refractivity contribution in [3.8, 4) is 5.75 Å². The van der Waals surface area contributed by atoms with Gasteiger partial charge < -0.3 is 15.0 Å². The fourth-order valence-electron chi connectivity index (χ4n) is 3.47. The summed E-state index contributed by atoms with van der Waals surface area (Å²) in [5.41, 5.74) is 3.14. The number of nitrogens with one attached hydrogen (secondary N) is 1. The topological polar surface area (TPSA) is 44.8 Å². The van der Waals surface area contributed by atoms with Gasteiger partial charge in [-0.25, -0.2) is 0 Å². The van der Waals surface area contributed by atoms with E-state index in [2.05, 4.69) is 46.3 Å². The van der Waals surface area contributed by atoms with Crippen molar-refractivity contribution in [1.82, 2.24) is 10.2 Å². The second-order valence-electron chi connectivity index (χ2n) is 7.41. The van der Waals surface area contributed by atoms with Crippen LogP contribution in [0.15, 0.2) is 48.5 Å². The third kappa shape index (κ3) is 5.04. The van der Waals surface area contributed by atoms with Crippen molar-refractivity contribution < 1.29 is 9.53 Å². The molecule has 0 aliphatic carbocycles. The van der Waals surface area contributed by atoms with E-state index in [4.69, 9.17) is 4.74 Å². The summed E-state index contributed by atoms with van der Waals surface area (Å²) in [5, 5.41) is 3.01. The van der Waals surface area contributed by atoms with Crippen molar-refractivity contribution in [2.75, 3.05) is 38.2 Å². The number of nitrogens with zero attached hydrogens (tertiary/aromatic N) is 2. The van der Waals surface area contributed by atoms with Crippen molar-refractivity contribution in [3.63, 3.8) is 0 Å². The van der Waals surface area contributed by atoms with Crippen LogP contribution < -0.4 is 15.0 Å². The molecule has 0 saturated carbocycles. The van der Waals surface area contributed by atoms with Crippen LogP contribution in [-0.4, -0.2) is 50.1 Å². The average molecular weight is 382 g/mol. The minimum atomic E-state index is 0.00585. The maximum absolute atomic E-state index is 12.2. The molecular weight excluding hydrogens is 350 g/mol. The van der Waals surface area contributed by atoms with Crippen molar-refractivity contribution in [1.29, 1.82) is 0 Å². The van der Waals surface area contributed by atoms with Gasteiger partial charge in [0.05, 0.1) is 12.8 Å². The van der Waals surface area contributed by atoms with Gasteiger partial charge in [0, 0.05) is 44.3 Å². The lowest BCUT2D eigenvalue weighted by molar-refractivity contribution is 0.0939. The quantitative estimate of drug-likeness (QED) is 0.797. The summed E-state index contributed by atoms with van der Waals surface area (Å²) in [6, 6.07) is 16.4. The molecule has 1 heterocycles. The van der Waals surface area contributed by atoms with Gasteiger partial charge in [-0.1, -0.05) is 31.2 Å². The van der Waals surface area contributed by atoms with Crippen LogP contribution in [0.1, 0.15) is 36.2 Å². The molecule has 5 nitrogen and oxygen atoms in total. The highest BCUT2D eigenvalue weighted by Gasteiger charge is 2.19. The van der Waals surface area contributed by atoms with Crippen LogP contribution in [0.2, 0.25) is 0 Å². The van der Waals surface area contributed by atoms with Gasteiger partial charge in [-0.15, -0.1) is 0 Å². The van der Waals surface area contributed by atoms with Crippen LogP contribution >= 0.6 is 0 Å². The maximum atomic E-state index is 12.2. The molecule has 0 radical (unpaired) electrons. The number of rotatable bonds is 7. The minimum Gasteiger partial charge on any atom is -0.495 e. The lowest BCUT2D eigenvalue weighted by atomic mass is 10.1. The Kier molecular flexibility index (Phi) is 6.93. The summed E-state index contributed by atoms with van der Waals surface area (Å²) in [5.74, 6) is 0.938. The zero-order chi connectivity index (χ0) is 19.9. The summed E-state index contributed by atoms with van der Waals surface area (Å²) in [6.45, 7) is 8.99. The molecular formula is C23H31N3O2. The van der Waals surface area contributed by atoms with Gasteiger partial charge in [0.25, 0.3) is 5.91 Å². The fourth-order valence-corrected chi connectivity index (χ4v) is 3.47. The number of carbonyl (C=O) groups is 1. The molecule has 3 rings (SSSR count). The number of methoxy groups -OCH3 is 1. The summed E-state index contributed by atoms with van der Waals surface area (Å²) in [6.07, 6.45) is 0.935. The number of amides is 1. The van der Waals surface area contributed by atoms with Crippen LogP contribution in [0.25, 0.3) is 0 Å². The molecule has 5 heteroatoms. The number of piperazine rings is 1. The number of para-hydroxylation sites is 2. The Morgan fingerprint density at radius 2 is 1.75 bits per heavy atom. The Labute approximate surface area is 168 Å². The molecule has 2 aromatic rings. The maximum Gasteiger partial charge on any atom is 0.251 e. The smallest absolute Gasteiger partial charge is 0.251 e. The zero-order valence-electron chi connectivity index (χ0n) is 17.1. The van der Waals surface area contributed by atoms with Crippen LogP contribution in [0.5, 0.6) is 5.75 Å². The standard InChI is InChI=1S/C23H31N3O2/c1-4-18(2)24-23(27)20-11-9-19(10-12-20)17-25-13-15-26(16-14-25)21-7-5-6-8-22(21)28-3/h5-12,18H,4,13-17H2,1-3H3,(H,24,27)/t18-/m1/s1. The summed E-state index contributed by atoms with van der Waals surface area (Å²) < 4.78 is 5.49. The highest BCUT2D eigenvalue weighted by Crippen LogP contribution is 2.28. The second kappa shape index (κ2) is 9.60. The Morgan fingerprint density at radius 1 is 1.07 bits per heavy atom. The van der Waals surface area contributed by atoms with Gasteiger partial charge >= 0.3 is 0 Å². The van der Waals surface area contributed by atoms with Crippen LogP contribution in [-0.2, 0) is 6.54 Å². The molecule has 1 N–H and O–H groups in total. The predicted molar refractivity (Wildman–Crippen MR) is 114 cm³/mol. The Morgan fingerprint density at radius 3 is 2.39 bits per heavy atom. The molecule has 1 fully saturated rings. The molecule has 0 bridgehead atoms. The SMILES string of the molecule is CC[C@@H](C)NC(=O)c1ccc(CN2CCN(c3ccccc3OC)CC2)cc1. The highest BCUT2D eigenvalue weighted by molar-refractivity contribution is 5.94. The number of hydrogen-bond acceptors (Lipinski definition) is 4. The number of carbonyl (C=O) groups excluding carboxylic acids is 1. The molecule has 1 aliphatic heterocycles. The van der Waals surface area contributed by atoms with E-state index in [9.17, 15) is 4.79 Å². The van der Waals surface area contributed by atoms with E-state index in [-0.39, 0.29) is 11.9 Å². The van der Waals surface area contributed by atoms with Crippen molar-refractivity contribution in [2.45, 2.75) is 32.9 Å². The first-order valence-corrected chi connectivity index (χ1v) is 10.1. The van der Waals surface area contributed by atoms with Gasteiger partial charge in [0.15, 0.2) is 0 Å². The molecule has 2 aromatic carbocycles. The van der Waals surface area contributed by atoms with E-state index in [0.717, 1.165) is 50.5 Å². The molecule has 1 saturated heterocycles. The van der Waals surface area contributed by atoms with Gasteiger partial charge in [-0.05, 0) is 43.2 Å². The molecule has 0 unspecified atom stereocenters. The predicted octanol–water partition coefficient (Wildman–Crippen LogP) is 3.55. The Hall–Kier alpha value is -2.53. The molecule has 150 valence electrons. The molecule has 0 spiro atoms. The van der Waals surface area contributed by atoms with E-state index in [1.807, 2.05) is 31.2 Å². The van der Waals surface area contributed by atoms with Crippen molar-refractivity contribution in [2.24, 2.45) is 0 Å². The van der Waals surface area contributed by atoms with Gasteiger partial charge in [-0.3, -0.25) is 9.69 Å². The van der Waals surface area contributed by atoms with E-state index in [1.165, 1.54) is 11.3 Å². The van der Waals surface area contributed by atoms with Crippen LogP contribution in [0.3, 0.4) is 0 Å². The third-order valence-electron chi connectivity index (χ3n) is 5.41. The van der Waals surface area contributed by atoms with E-state index >= 15 is 0 Å². The number of hydrogen-bond donors (Lipinski definition) is 1. The summed E-state index contributed by atoms with van der Waals surface area (Å²) in [4.78, 5) is 17.0. The molecule has 28 heavy (non-hydrogen) atoms. The van der Waals surface area contributed by atoms with Crippen LogP contribution in [0.4, 0.5) is 5.69 Å². The monoisotopic (exact) mass is 381 g/mol. The van der Waals surface area contributed by atoms with Crippen molar-refractivity contribution in [3.05, 3.63) is 59.7 Å². The normalized spacial score (nSPS) is 15.9. The summed E-state index contributed by atoms with van der Waals surface area (Å²) >= 11 is 0. The van der Waals surface area contributed by atoms with Gasteiger partial charge in [-0.2, -0.15) is 0 Å². The minimum absolute atomic E-state index is 0.00585. The second-order valence-corrected chi connectivity index (χ2v) is 7.41. The number of benzene rings is 2. The first-order valence-electron chi connectivity index (χ1n) is 10.1. The molecule has 1 amide bonds. The first kappa shape index (κ1) is 20.2. The van der Waals surface area contributed by atoms with E-state index in [1.54, 1.807) is 7.11 Å². The van der Waals surface area contributed by atoms with Crippen LogP contribution in [0, 0.1) is 0 Å². The molecule has 1 aliphatic rings. The Balaban J connectivity index is 1.53.